The molecule has 150 valence electrons. The first-order valence-electron chi connectivity index (χ1n) is 9.23. The molecule has 0 aliphatic heterocycles. The van der Waals surface area contributed by atoms with Crippen LogP contribution in [0.1, 0.15) is 16.8 Å². The molecule has 0 bridgehead atoms. The largest absolute Gasteiger partial charge is 0.341 e. The van der Waals surface area contributed by atoms with Crippen LogP contribution >= 0.6 is 11.6 Å². The van der Waals surface area contributed by atoms with Gasteiger partial charge in [0.05, 0.1) is 10.7 Å². The van der Waals surface area contributed by atoms with Crippen molar-refractivity contribution >= 4 is 29.1 Å². The monoisotopic (exact) mass is 410 g/mol. The topological polar surface area (TPSA) is 67.2 Å². The first kappa shape index (κ1) is 20.6. The average Bonchev–Trinajstić information content (AvgIpc) is 2.66. The molecule has 6 nitrogen and oxygen atoms in total. The highest BCUT2D eigenvalue weighted by Crippen LogP contribution is 2.22. The Bertz CT molecular complexity index is 1080. The molecule has 3 rings (SSSR count). The van der Waals surface area contributed by atoms with Crippen LogP contribution in [0.5, 0.6) is 0 Å². The van der Waals surface area contributed by atoms with E-state index < -0.39 is 0 Å². The fraction of sp³-hybridized carbons (Fsp3) is 0.227. The van der Waals surface area contributed by atoms with Crippen molar-refractivity contribution < 1.29 is 4.79 Å². The minimum atomic E-state index is -0.349. The maximum atomic E-state index is 12.6. The normalized spacial score (nSPS) is 10.6. The molecule has 0 aliphatic rings. The second-order valence-electron chi connectivity index (χ2n) is 7.00. The van der Waals surface area contributed by atoms with Crippen molar-refractivity contribution in [3.8, 4) is 0 Å². The summed E-state index contributed by atoms with van der Waals surface area (Å²) in [5.41, 5.74) is 2.90. The highest BCUT2D eigenvalue weighted by molar-refractivity contribution is 6.33. The summed E-state index contributed by atoms with van der Waals surface area (Å²) < 4.78 is 1.37. The van der Waals surface area contributed by atoms with Gasteiger partial charge in [0.2, 0.25) is 11.9 Å². The number of anilines is 2. The number of hydrogen-bond acceptors (Lipinski definition) is 4. The van der Waals surface area contributed by atoms with E-state index >= 15 is 0 Å². The SMILES string of the molecule is Cc1ccc(NC(=O)Cn2c(N(C)Cc3ccccc3)nc(C)cc2=O)c(Cl)c1. The van der Waals surface area contributed by atoms with E-state index in [1.165, 1.54) is 10.6 Å². The number of nitrogens with one attached hydrogen (secondary N) is 1. The Morgan fingerprint density at radius 3 is 2.55 bits per heavy atom. The Balaban J connectivity index is 1.84. The van der Waals surface area contributed by atoms with Crippen molar-refractivity contribution in [1.82, 2.24) is 9.55 Å². The fourth-order valence-corrected chi connectivity index (χ4v) is 3.31. The molecule has 0 atom stereocenters. The summed E-state index contributed by atoms with van der Waals surface area (Å²) in [7, 11) is 1.85. The lowest BCUT2D eigenvalue weighted by molar-refractivity contribution is -0.116. The number of carbonyl (C=O) groups excluding carboxylic acids is 1. The van der Waals surface area contributed by atoms with Crippen LogP contribution < -0.4 is 15.8 Å². The molecule has 1 N–H and O–H groups in total. The molecule has 0 fully saturated rings. The second-order valence-corrected chi connectivity index (χ2v) is 7.40. The number of halogens is 1. The Hall–Kier alpha value is -3.12. The van der Waals surface area contributed by atoms with Gasteiger partial charge in [-0.25, -0.2) is 4.98 Å². The molecular weight excluding hydrogens is 388 g/mol. The van der Waals surface area contributed by atoms with Crippen molar-refractivity contribution in [1.29, 1.82) is 0 Å². The van der Waals surface area contributed by atoms with Crippen molar-refractivity contribution in [3.63, 3.8) is 0 Å². The average molecular weight is 411 g/mol. The summed E-state index contributed by atoms with van der Waals surface area (Å²) in [4.78, 5) is 31.6. The van der Waals surface area contributed by atoms with E-state index in [0.29, 0.717) is 28.9 Å². The molecule has 2 aromatic carbocycles. The van der Waals surface area contributed by atoms with E-state index in [4.69, 9.17) is 11.6 Å². The van der Waals surface area contributed by atoms with E-state index in [1.54, 1.807) is 19.1 Å². The van der Waals surface area contributed by atoms with E-state index in [2.05, 4.69) is 10.3 Å². The lowest BCUT2D eigenvalue weighted by Crippen LogP contribution is -2.34. The Labute approximate surface area is 174 Å². The first-order valence-corrected chi connectivity index (χ1v) is 9.61. The summed E-state index contributed by atoms with van der Waals surface area (Å²) >= 11 is 6.20. The minimum Gasteiger partial charge on any atom is -0.341 e. The molecule has 0 saturated carbocycles. The third-order valence-corrected chi connectivity index (χ3v) is 4.73. The van der Waals surface area contributed by atoms with Gasteiger partial charge >= 0.3 is 0 Å². The number of carbonyl (C=O) groups is 1. The third-order valence-electron chi connectivity index (χ3n) is 4.42. The van der Waals surface area contributed by atoms with Gasteiger partial charge in [0.25, 0.3) is 5.56 Å². The molecule has 3 aromatic rings. The Morgan fingerprint density at radius 1 is 1.14 bits per heavy atom. The van der Waals surface area contributed by atoms with Crippen LogP contribution in [0.4, 0.5) is 11.6 Å². The molecular formula is C22H23ClN4O2. The van der Waals surface area contributed by atoms with Crippen LogP contribution in [0.25, 0.3) is 0 Å². The smallest absolute Gasteiger partial charge is 0.255 e. The minimum absolute atomic E-state index is 0.162. The maximum Gasteiger partial charge on any atom is 0.255 e. The zero-order valence-electron chi connectivity index (χ0n) is 16.6. The van der Waals surface area contributed by atoms with Gasteiger partial charge in [-0.05, 0) is 37.1 Å². The van der Waals surface area contributed by atoms with E-state index in [9.17, 15) is 9.59 Å². The number of rotatable bonds is 6. The molecule has 0 unspecified atom stereocenters. The zero-order chi connectivity index (χ0) is 21.0. The zero-order valence-corrected chi connectivity index (χ0v) is 17.4. The maximum absolute atomic E-state index is 12.6. The van der Waals surface area contributed by atoms with E-state index in [-0.39, 0.29) is 18.0 Å². The van der Waals surface area contributed by atoms with Gasteiger partial charge in [-0.2, -0.15) is 0 Å². The number of amides is 1. The molecule has 7 heteroatoms. The standard InChI is InChI=1S/C22H23ClN4O2/c1-15-9-10-19(18(23)11-15)25-20(28)14-27-21(29)12-16(2)24-22(27)26(3)13-17-7-5-4-6-8-17/h4-12H,13-14H2,1-3H3,(H,25,28). The predicted octanol–water partition coefficient (Wildman–Crippen LogP) is 3.79. The number of nitrogens with zero attached hydrogens (tertiary/aromatic N) is 3. The fourth-order valence-electron chi connectivity index (χ4n) is 3.03. The summed E-state index contributed by atoms with van der Waals surface area (Å²) in [6.07, 6.45) is 0. The molecule has 1 heterocycles. The van der Waals surface area contributed by atoms with Crippen LogP contribution in [0.3, 0.4) is 0 Å². The lowest BCUT2D eigenvalue weighted by atomic mass is 10.2. The number of benzene rings is 2. The van der Waals surface area contributed by atoms with Crippen molar-refractivity contribution in [2.75, 3.05) is 17.3 Å². The summed E-state index contributed by atoms with van der Waals surface area (Å²) in [5, 5.41) is 3.22. The third kappa shape index (κ3) is 5.23. The molecule has 29 heavy (non-hydrogen) atoms. The highest BCUT2D eigenvalue weighted by atomic mass is 35.5. The summed E-state index contributed by atoms with van der Waals surface area (Å²) in [6, 6.07) is 16.7. The highest BCUT2D eigenvalue weighted by Gasteiger charge is 2.16. The lowest BCUT2D eigenvalue weighted by Gasteiger charge is -2.22. The van der Waals surface area contributed by atoms with Gasteiger partial charge in [0.1, 0.15) is 6.54 Å². The van der Waals surface area contributed by atoms with Crippen LogP contribution in [-0.4, -0.2) is 22.5 Å². The Morgan fingerprint density at radius 2 is 1.86 bits per heavy atom. The second kappa shape index (κ2) is 8.92. The van der Waals surface area contributed by atoms with E-state index in [1.807, 2.05) is 55.3 Å². The summed E-state index contributed by atoms with van der Waals surface area (Å²) in [5.74, 6) is 0.0851. The molecule has 0 radical (unpaired) electrons. The van der Waals surface area contributed by atoms with Gasteiger partial charge in [0.15, 0.2) is 0 Å². The van der Waals surface area contributed by atoms with Crippen molar-refractivity contribution in [3.05, 3.63) is 86.8 Å². The van der Waals surface area contributed by atoms with Gasteiger partial charge < -0.3 is 10.2 Å². The van der Waals surface area contributed by atoms with Gasteiger partial charge in [0, 0.05) is 25.4 Å². The van der Waals surface area contributed by atoms with Crippen LogP contribution in [0, 0.1) is 13.8 Å². The van der Waals surface area contributed by atoms with Crippen LogP contribution in [-0.2, 0) is 17.9 Å². The first-order chi connectivity index (χ1) is 13.8. The van der Waals surface area contributed by atoms with Crippen molar-refractivity contribution in [2.24, 2.45) is 0 Å². The van der Waals surface area contributed by atoms with Crippen LogP contribution in [0.15, 0.2) is 59.4 Å². The van der Waals surface area contributed by atoms with Gasteiger partial charge in [-0.1, -0.05) is 48.0 Å². The van der Waals surface area contributed by atoms with Gasteiger partial charge in [-0.3, -0.25) is 14.2 Å². The molecule has 0 aliphatic carbocycles. The summed E-state index contributed by atoms with van der Waals surface area (Å²) in [6.45, 7) is 4.08. The van der Waals surface area contributed by atoms with Crippen LogP contribution in [0.2, 0.25) is 5.02 Å². The van der Waals surface area contributed by atoms with E-state index in [0.717, 1.165) is 11.1 Å². The predicted molar refractivity (Wildman–Crippen MR) is 117 cm³/mol. The van der Waals surface area contributed by atoms with Gasteiger partial charge in [-0.15, -0.1) is 0 Å². The molecule has 0 spiro atoms. The molecule has 1 amide bonds. The number of aryl methyl sites for hydroxylation is 2. The quantitative estimate of drug-likeness (QED) is 0.671. The van der Waals surface area contributed by atoms with Crippen molar-refractivity contribution in [2.45, 2.75) is 26.9 Å². The Kier molecular flexibility index (Phi) is 6.34. The number of hydrogen-bond donors (Lipinski definition) is 1. The molecule has 1 aromatic heterocycles. The number of aromatic nitrogens is 2. The molecule has 0 saturated heterocycles.